The fourth-order valence-corrected chi connectivity index (χ4v) is 4.15. The first-order valence-corrected chi connectivity index (χ1v) is 9.56. The van der Waals surface area contributed by atoms with Gasteiger partial charge >= 0.3 is 0 Å². The summed E-state index contributed by atoms with van der Waals surface area (Å²) < 4.78 is 0. The number of halogens is 2. The number of fused-ring (bicyclic) bond motifs is 1. The van der Waals surface area contributed by atoms with Crippen LogP contribution < -0.4 is 16.0 Å². The molecule has 4 N–H and O–H groups in total. The molecule has 1 fully saturated rings. The third kappa shape index (κ3) is 4.87. The Hall–Kier alpha value is -1.60. The molecule has 1 unspecified atom stereocenters. The Morgan fingerprint density at radius 1 is 1.04 bits per heavy atom. The fraction of sp³-hybridized carbons (Fsp3) is 0.500. The summed E-state index contributed by atoms with van der Waals surface area (Å²) in [5.41, 5.74) is 9.32. The molecule has 3 heterocycles. The first kappa shape index (κ1) is 22.7. The molecule has 2 aromatic rings. The number of aliphatic hydroxyl groups excluding tert-OH is 1. The smallest absolute Gasteiger partial charge is 0.222 e. The summed E-state index contributed by atoms with van der Waals surface area (Å²) in [6.45, 7) is 3.68. The van der Waals surface area contributed by atoms with Crippen LogP contribution in [0.5, 0.6) is 0 Å². The third-order valence-electron chi connectivity index (χ3n) is 5.61. The maximum absolute atomic E-state index is 10.7. The number of nitrogen functional groups attached to an aromatic ring is 1. The summed E-state index contributed by atoms with van der Waals surface area (Å²) in [6, 6.07) is 9.98. The van der Waals surface area contributed by atoms with Crippen LogP contribution in [0.25, 0.3) is 0 Å². The van der Waals surface area contributed by atoms with Crippen molar-refractivity contribution in [2.75, 3.05) is 36.8 Å². The zero-order valence-corrected chi connectivity index (χ0v) is 17.5. The second-order valence-corrected chi connectivity index (χ2v) is 7.26. The number of piperidine rings is 1. The van der Waals surface area contributed by atoms with Crippen molar-refractivity contribution in [3.8, 4) is 0 Å². The number of benzene rings is 1. The minimum Gasteiger partial charge on any atom is -0.388 e. The van der Waals surface area contributed by atoms with Gasteiger partial charge in [0.05, 0.1) is 11.8 Å². The number of hydrogen-bond donors (Lipinski definition) is 3. The fourth-order valence-electron chi connectivity index (χ4n) is 4.15. The molecule has 8 heteroatoms. The van der Waals surface area contributed by atoms with Crippen LogP contribution in [-0.2, 0) is 12.8 Å². The molecule has 0 amide bonds. The van der Waals surface area contributed by atoms with Crippen LogP contribution in [0.3, 0.4) is 0 Å². The van der Waals surface area contributed by atoms with Crippen molar-refractivity contribution in [2.24, 2.45) is 5.92 Å². The number of aromatic nitrogens is 2. The van der Waals surface area contributed by atoms with Crippen molar-refractivity contribution in [1.82, 2.24) is 15.3 Å². The molecule has 1 aromatic heterocycles. The van der Waals surface area contributed by atoms with Crippen LogP contribution in [0.1, 0.15) is 35.8 Å². The van der Waals surface area contributed by atoms with Crippen molar-refractivity contribution < 1.29 is 5.11 Å². The average Bonchev–Trinajstić information content (AvgIpc) is 2.93. The van der Waals surface area contributed by atoms with E-state index in [0.29, 0.717) is 5.95 Å². The van der Waals surface area contributed by atoms with Crippen LogP contribution in [-0.4, -0.2) is 41.3 Å². The van der Waals surface area contributed by atoms with Gasteiger partial charge in [-0.25, -0.2) is 4.98 Å². The Kier molecular flexibility index (Phi) is 8.31. The van der Waals surface area contributed by atoms with Crippen LogP contribution in [0.15, 0.2) is 30.3 Å². The largest absolute Gasteiger partial charge is 0.388 e. The van der Waals surface area contributed by atoms with Gasteiger partial charge in [0.25, 0.3) is 0 Å². The minimum absolute atomic E-state index is 0. The van der Waals surface area contributed by atoms with Gasteiger partial charge in [-0.3, -0.25) is 0 Å². The number of nitrogens with zero attached hydrogens (tertiary/aromatic N) is 3. The number of anilines is 2. The van der Waals surface area contributed by atoms with Crippen molar-refractivity contribution in [2.45, 2.75) is 31.8 Å². The molecule has 28 heavy (non-hydrogen) atoms. The highest BCUT2D eigenvalue weighted by molar-refractivity contribution is 5.85. The molecule has 1 saturated heterocycles. The van der Waals surface area contributed by atoms with E-state index in [1.807, 2.05) is 30.3 Å². The Bertz CT molecular complexity index is 754. The van der Waals surface area contributed by atoms with E-state index in [-0.39, 0.29) is 30.7 Å². The molecule has 2 aliphatic heterocycles. The van der Waals surface area contributed by atoms with Gasteiger partial charge in [0.15, 0.2) is 0 Å². The lowest BCUT2D eigenvalue weighted by Gasteiger charge is -2.36. The predicted octanol–water partition coefficient (Wildman–Crippen LogP) is 2.54. The van der Waals surface area contributed by atoms with Gasteiger partial charge in [-0.2, -0.15) is 4.98 Å². The number of nitrogens with one attached hydrogen (secondary N) is 1. The van der Waals surface area contributed by atoms with Crippen molar-refractivity contribution in [3.05, 3.63) is 47.2 Å². The minimum atomic E-state index is -0.393. The van der Waals surface area contributed by atoms with E-state index in [1.54, 1.807) is 0 Å². The molecule has 0 spiro atoms. The summed E-state index contributed by atoms with van der Waals surface area (Å²) in [5, 5.41) is 14.1. The summed E-state index contributed by atoms with van der Waals surface area (Å²) in [7, 11) is 0. The molecule has 1 aromatic carbocycles. The van der Waals surface area contributed by atoms with E-state index < -0.39 is 6.10 Å². The monoisotopic (exact) mass is 425 g/mol. The number of nitrogens with two attached hydrogens (primary N) is 1. The van der Waals surface area contributed by atoms with E-state index in [1.165, 1.54) is 5.56 Å². The zero-order valence-electron chi connectivity index (χ0n) is 15.9. The molecule has 0 bridgehead atoms. The Labute approximate surface area is 178 Å². The molecule has 2 aliphatic rings. The quantitative estimate of drug-likeness (QED) is 0.699. The molecule has 1 atom stereocenters. The van der Waals surface area contributed by atoms with Crippen molar-refractivity contribution in [3.63, 3.8) is 0 Å². The molecule has 0 radical (unpaired) electrons. The molecule has 4 rings (SSSR count). The standard InChI is InChI=1S/C20H27N5O.2ClH/c21-20-23-17-7-11-22-10-6-16(17)19(24-20)25-12-8-15(9-13-25)18(26)14-4-2-1-3-5-14;;/h1-5,15,18,22,26H,6-13H2,(H2,21,23,24);2*1H. The van der Waals surface area contributed by atoms with Gasteiger partial charge in [0.1, 0.15) is 5.82 Å². The maximum Gasteiger partial charge on any atom is 0.222 e. The molecular formula is C20H29Cl2N5O. The second-order valence-electron chi connectivity index (χ2n) is 7.26. The van der Waals surface area contributed by atoms with Crippen LogP contribution in [0.4, 0.5) is 11.8 Å². The first-order chi connectivity index (χ1) is 12.7. The lowest BCUT2D eigenvalue weighted by atomic mass is 9.87. The van der Waals surface area contributed by atoms with Gasteiger partial charge in [-0.1, -0.05) is 30.3 Å². The Balaban J connectivity index is 0.00000140. The summed E-state index contributed by atoms with van der Waals surface area (Å²) >= 11 is 0. The average molecular weight is 426 g/mol. The highest BCUT2D eigenvalue weighted by atomic mass is 35.5. The van der Waals surface area contributed by atoms with Gasteiger partial charge < -0.3 is 21.1 Å². The van der Waals surface area contributed by atoms with Crippen molar-refractivity contribution in [1.29, 1.82) is 0 Å². The predicted molar refractivity (Wildman–Crippen MR) is 118 cm³/mol. The van der Waals surface area contributed by atoms with Crippen LogP contribution >= 0.6 is 24.8 Å². The van der Waals surface area contributed by atoms with Crippen LogP contribution in [0, 0.1) is 5.92 Å². The molecule has 154 valence electrons. The molecule has 0 aliphatic carbocycles. The molecule has 0 saturated carbocycles. The molecule has 6 nitrogen and oxygen atoms in total. The lowest BCUT2D eigenvalue weighted by molar-refractivity contribution is 0.0928. The first-order valence-electron chi connectivity index (χ1n) is 9.56. The topological polar surface area (TPSA) is 87.3 Å². The SMILES string of the molecule is Cl.Cl.Nc1nc2c(c(N3CCC(C(O)c4ccccc4)CC3)n1)CCNCC2. The van der Waals surface area contributed by atoms with Gasteiger partial charge in [0.2, 0.25) is 5.95 Å². The van der Waals surface area contributed by atoms with E-state index in [0.717, 1.165) is 68.9 Å². The summed E-state index contributed by atoms with van der Waals surface area (Å²) in [5.74, 6) is 1.66. The zero-order chi connectivity index (χ0) is 17.9. The van der Waals surface area contributed by atoms with E-state index in [9.17, 15) is 5.11 Å². The van der Waals surface area contributed by atoms with Crippen molar-refractivity contribution >= 4 is 36.6 Å². The normalized spacial score (nSPS) is 18.2. The van der Waals surface area contributed by atoms with E-state index >= 15 is 0 Å². The number of hydrogen-bond acceptors (Lipinski definition) is 6. The van der Waals surface area contributed by atoms with Gasteiger partial charge in [-0.05, 0) is 37.3 Å². The molecular weight excluding hydrogens is 397 g/mol. The van der Waals surface area contributed by atoms with E-state index in [2.05, 4.69) is 20.2 Å². The summed E-state index contributed by atoms with van der Waals surface area (Å²) in [6.07, 6.45) is 3.35. The second kappa shape index (κ2) is 10.3. The highest BCUT2D eigenvalue weighted by Gasteiger charge is 2.29. The lowest BCUT2D eigenvalue weighted by Crippen LogP contribution is -2.37. The number of rotatable bonds is 3. The summed E-state index contributed by atoms with van der Waals surface area (Å²) in [4.78, 5) is 11.4. The van der Waals surface area contributed by atoms with Crippen LogP contribution in [0.2, 0.25) is 0 Å². The van der Waals surface area contributed by atoms with Gasteiger partial charge in [-0.15, -0.1) is 24.8 Å². The number of aliphatic hydroxyl groups is 1. The Morgan fingerprint density at radius 3 is 2.43 bits per heavy atom. The van der Waals surface area contributed by atoms with E-state index in [4.69, 9.17) is 5.73 Å². The highest BCUT2D eigenvalue weighted by Crippen LogP contribution is 2.33. The van der Waals surface area contributed by atoms with Gasteiger partial charge in [0, 0.05) is 31.6 Å². The Morgan fingerprint density at radius 2 is 1.71 bits per heavy atom. The third-order valence-corrected chi connectivity index (χ3v) is 5.61. The maximum atomic E-state index is 10.7.